The lowest BCUT2D eigenvalue weighted by atomic mass is 10.3. The van der Waals surface area contributed by atoms with Crippen LogP contribution in [0.3, 0.4) is 0 Å². The third-order valence-corrected chi connectivity index (χ3v) is 5.00. The van der Waals surface area contributed by atoms with E-state index >= 15 is 0 Å². The van der Waals surface area contributed by atoms with Gasteiger partial charge in [0, 0.05) is 18.9 Å². The van der Waals surface area contributed by atoms with Gasteiger partial charge in [0.2, 0.25) is 0 Å². The number of ether oxygens (including phenoxy) is 1. The molecule has 0 aliphatic rings. The molecule has 0 heterocycles. The van der Waals surface area contributed by atoms with Crippen molar-refractivity contribution in [3.05, 3.63) is 28.2 Å². The molecular weight excluding hydrogens is 305 g/mol. The monoisotopic (exact) mass is 323 g/mol. The minimum absolute atomic E-state index is 0.0260. The lowest BCUT2D eigenvalue weighted by Gasteiger charge is -2.17. The summed E-state index contributed by atoms with van der Waals surface area (Å²) in [6, 6.07) is 5.17. The Morgan fingerprint density at radius 1 is 1.37 bits per heavy atom. The summed E-state index contributed by atoms with van der Waals surface area (Å²) in [5.41, 5.74) is 0. The predicted octanol–water partition coefficient (Wildman–Crippen LogP) is 3.12. The van der Waals surface area contributed by atoms with Crippen molar-refractivity contribution in [2.75, 3.05) is 26.0 Å². The van der Waals surface area contributed by atoms with Crippen LogP contribution >= 0.6 is 23.2 Å². The van der Waals surface area contributed by atoms with Gasteiger partial charge in [-0.2, -0.15) is 0 Å². The Labute approximate surface area is 127 Å². The van der Waals surface area contributed by atoms with Crippen LogP contribution in [0.5, 0.6) is 0 Å². The first kappa shape index (κ1) is 16.9. The van der Waals surface area contributed by atoms with E-state index in [-0.39, 0.29) is 6.04 Å². The molecule has 0 amide bonds. The standard InChI is InChI=1S/C13H19Cl2NO2S/c1-3-7-16-10(8-18-2)9-19(17)13-11(14)5-4-6-12(13)15/h4-6,10,16H,3,7-9H2,1-2H3. The van der Waals surface area contributed by atoms with Gasteiger partial charge < -0.3 is 10.1 Å². The number of rotatable bonds is 8. The molecule has 0 aliphatic carbocycles. The molecule has 0 aromatic heterocycles. The lowest BCUT2D eigenvalue weighted by Crippen LogP contribution is -2.38. The zero-order valence-corrected chi connectivity index (χ0v) is 13.4. The Balaban J connectivity index is 2.75. The number of hydrogen-bond acceptors (Lipinski definition) is 3. The molecule has 2 atom stereocenters. The first-order chi connectivity index (χ1) is 9.10. The van der Waals surface area contributed by atoms with E-state index in [1.165, 1.54) is 0 Å². The van der Waals surface area contributed by atoms with Crippen LogP contribution in [-0.4, -0.2) is 36.3 Å². The van der Waals surface area contributed by atoms with Gasteiger partial charge in [0.15, 0.2) is 0 Å². The Bertz CT molecular complexity index is 409. The first-order valence-electron chi connectivity index (χ1n) is 6.14. The van der Waals surface area contributed by atoms with E-state index in [1.54, 1.807) is 25.3 Å². The van der Waals surface area contributed by atoms with Crippen LogP contribution in [0, 0.1) is 0 Å². The molecule has 19 heavy (non-hydrogen) atoms. The van der Waals surface area contributed by atoms with Crippen LogP contribution in [-0.2, 0) is 15.5 Å². The average Bonchev–Trinajstić information content (AvgIpc) is 2.36. The molecule has 0 radical (unpaired) electrons. The van der Waals surface area contributed by atoms with Gasteiger partial charge in [-0.3, -0.25) is 4.21 Å². The van der Waals surface area contributed by atoms with Gasteiger partial charge in [0.05, 0.1) is 32.3 Å². The minimum atomic E-state index is -1.25. The smallest absolute Gasteiger partial charge is 0.0761 e. The quantitative estimate of drug-likeness (QED) is 0.798. The Kier molecular flexibility index (Phi) is 7.95. The molecule has 1 N–H and O–H groups in total. The van der Waals surface area contributed by atoms with Crippen molar-refractivity contribution in [3.63, 3.8) is 0 Å². The first-order valence-corrected chi connectivity index (χ1v) is 8.22. The van der Waals surface area contributed by atoms with Crippen LogP contribution in [0.1, 0.15) is 13.3 Å². The summed E-state index contributed by atoms with van der Waals surface area (Å²) >= 11 is 12.1. The Morgan fingerprint density at radius 3 is 2.53 bits per heavy atom. The molecular formula is C13H19Cl2NO2S. The predicted molar refractivity (Wildman–Crippen MR) is 81.7 cm³/mol. The number of halogens is 2. The number of methoxy groups -OCH3 is 1. The molecule has 0 fully saturated rings. The highest BCUT2D eigenvalue weighted by Gasteiger charge is 2.18. The molecule has 6 heteroatoms. The van der Waals surface area contributed by atoms with Crippen molar-refractivity contribution >= 4 is 34.0 Å². The largest absolute Gasteiger partial charge is 0.383 e. The average molecular weight is 324 g/mol. The zero-order chi connectivity index (χ0) is 14.3. The normalized spacial score (nSPS) is 14.3. The maximum Gasteiger partial charge on any atom is 0.0761 e. The van der Waals surface area contributed by atoms with Crippen molar-refractivity contribution in [1.82, 2.24) is 5.32 Å². The second-order valence-electron chi connectivity index (χ2n) is 4.17. The molecule has 0 saturated heterocycles. The summed E-state index contributed by atoms with van der Waals surface area (Å²) in [7, 11) is 0.383. The van der Waals surface area contributed by atoms with E-state index < -0.39 is 10.8 Å². The molecule has 3 nitrogen and oxygen atoms in total. The van der Waals surface area contributed by atoms with E-state index in [0.29, 0.717) is 27.3 Å². The van der Waals surface area contributed by atoms with Gasteiger partial charge in [-0.25, -0.2) is 0 Å². The Hall–Kier alpha value is -0.130. The molecule has 1 aromatic rings. The maximum absolute atomic E-state index is 12.4. The summed E-state index contributed by atoms with van der Waals surface area (Å²) in [5, 5.41) is 4.19. The summed E-state index contributed by atoms with van der Waals surface area (Å²) in [6.45, 7) is 3.45. The minimum Gasteiger partial charge on any atom is -0.383 e. The van der Waals surface area contributed by atoms with E-state index in [9.17, 15) is 4.21 Å². The molecule has 2 unspecified atom stereocenters. The van der Waals surface area contributed by atoms with Crippen LogP contribution in [0.4, 0.5) is 0 Å². The molecule has 0 saturated carbocycles. The van der Waals surface area contributed by atoms with Gasteiger partial charge in [-0.1, -0.05) is 36.2 Å². The summed E-state index contributed by atoms with van der Waals surface area (Å²) < 4.78 is 17.5. The fourth-order valence-electron chi connectivity index (χ4n) is 1.68. The van der Waals surface area contributed by atoms with Crippen LogP contribution in [0.25, 0.3) is 0 Å². The van der Waals surface area contributed by atoms with Crippen molar-refractivity contribution in [1.29, 1.82) is 0 Å². The van der Waals surface area contributed by atoms with E-state index in [0.717, 1.165) is 13.0 Å². The van der Waals surface area contributed by atoms with Crippen LogP contribution in [0.2, 0.25) is 10.0 Å². The summed E-state index contributed by atoms with van der Waals surface area (Å²) in [6.07, 6.45) is 1.01. The number of benzene rings is 1. The fraction of sp³-hybridized carbons (Fsp3) is 0.538. The number of nitrogens with one attached hydrogen (secondary N) is 1. The van der Waals surface area contributed by atoms with Crippen molar-refractivity contribution in [2.45, 2.75) is 24.3 Å². The topological polar surface area (TPSA) is 38.3 Å². The Morgan fingerprint density at radius 2 is 2.00 bits per heavy atom. The van der Waals surface area contributed by atoms with Crippen molar-refractivity contribution in [2.24, 2.45) is 0 Å². The zero-order valence-electron chi connectivity index (χ0n) is 11.1. The summed E-state index contributed by atoms with van der Waals surface area (Å²) in [4.78, 5) is 0.505. The van der Waals surface area contributed by atoms with Gasteiger partial charge >= 0.3 is 0 Å². The van der Waals surface area contributed by atoms with Gasteiger partial charge in [0.1, 0.15) is 0 Å². The van der Waals surface area contributed by atoms with Gasteiger partial charge in [-0.05, 0) is 25.1 Å². The molecule has 0 aliphatic heterocycles. The lowest BCUT2D eigenvalue weighted by molar-refractivity contribution is 0.173. The highest BCUT2D eigenvalue weighted by Crippen LogP contribution is 2.27. The molecule has 1 rings (SSSR count). The van der Waals surface area contributed by atoms with E-state index in [1.807, 2.05) is 0 Å². The molecule has 0 bridgehead atoms. The highest BCUT2D eigenvalue weighted by molar-refractivity contribution is 7.85. The van der Waals surface area contributed by atoms with Crippen molar-refractivity contribution in [3.8, 4) is 0 Å². The molecule has 1 aromatic carbocycles. The van der Waals surface area contributed by atoms with Gasteiger partial charge in [-0.15, -0.1) is 0 Å². The molecule has 108 valence electrons. The van der Waals surface area contributed by atoms with E-state index in [4.69, 9.17) is 27.9 Å². The number of hydrogen-bond donors (Lipinski definition) is 1. The van der Waals surface area contributed by atoms with E-state index in [2.05, 4.69) is 12.2 Å². The van der Waals surface area contributed by atoms with Crippen molar-refractivity contribution < 1.29 is 8.95 Å². The van der Waals surface area contributed by atoms with Gasteiger partial charge in [0.25, 0.3) is 0 Å². The van der Waals surface area contributed by atoms with Crippen LogP contribution < -0.4 is 5.32 Å². The second-order valence-corrected chi connectivity index (χ2v) is 6.42. The maximum atomic E-state index is 12.4. The summed E-state index contributed by atoms with van der Waals surface area (Å²) in [5.74, 6) is 0.428. The molecule has 0 spiro atoms. The third kappa shape index (κ3) is 5.40. The SMILES string of the molecule is CCCNC(COC)CS(=O)c1c(Cl)cccc1Cl. The van der Waals surface area contributed by atoms with Crippen LogP contribution in [0.15, 0.2) is 23.1 Å². The second kappa shape index (κ2) is 8.93. The fourth-order valence-corrected chi connectivity index (χ4v) is 3.91. The highest BCUT2D eigenvalue weighted by atomic mass is 35.5. The third-order valence-electron chi connectivity index (χ3n) is 2.55.